The van der Waals surface area contributed by atoms with E-state index in [1.807, 2.05) is 6.07 Å². The van der Waals surface area contributed by atoms with E-state index in [1.165, 1.54) is 12.4 Å². The third-order valence-electron chi connectivity index (χ3n) is 1.83. The monoisotopic (exact) mass is 212 g/mol. The van der Waals surface area contributed by atoms with Crippen LogP contribution in [0.2, 0.25) is 0 Å². The Hall–Kier alpha value is -2.61. The lowest BCUT2D eigenvalue weighted by Gasteiger charge is -2.03. The lowest BCUT2D eigenvalue weighted by molar-refractivity contribution is 0.460. The standard InChI is InChI=1S/C11H8N4O/c12-5-8-2-1-3-9(4-8)16-11-7-14-10(13)6-15-11/h1-4,6-7H,(H2,13,14). The zero-order valence-electron chi connectivity index (χ0n) is 8.29. The van der Waals surface area contributed by atoms with Gasteiger partial charge in [0.05, 0.1) is 24.0 Å². The van der Waals surface area contributed by atoms with Crippen molar-refractivity contribution in [3.8, 4) is 17.7 Å². The van der Waals surface area contributed by atoms with Crippen molar-refractivity contribution in [2.45, 2.75) is 0 Å². The van der Waals surface area contributed by atoms with Crippen molar-refractivity contribution in [3.63, 3.8) is 0 Å². The largest absolute Gasteiger partial charge is 0.437 e. The number of benzene rings is 1. The maximum Gasteiger partial charge on any atom is 0.237 e. The summed E-state index contributed by atoms with van der Waals surface area (Å²) < 4.78 is 5.40. The molecule has 5 heteroatoms. The Labute approximate surface area is 92.1 Å². The van der Waals surface area contributed by atoms with Crippen molar-refractivity contribution < 1.29 is 4.74 Å². The smallest absolute Gasteiger partial charge is 0.237 e. The van der Waals surface area contributed by atoms with Gasteiger partial charge in [-0.05, 0) is 18.2 Å². The van der Waals surface area contributed by atoms with E-state index in [9.17, 15) is 0 Å². The van der Waals surface area contributed by atoms with Gasteiger partial charge < -0.3 is 10.5 Å². The van der Waals surface area contributed by atoms with E-state index in [-0.39, 0.29) is 0 Å². The van der Waals surface area contributed by atoms with E-state index in [0.717, 1.165) is 0 Å². The summed E-state index contributed by atoms with van der Waals surface area (Å²) in [6.07, 6.45) is 2.83. The summed E-state index contributed by atoms with van der Waals surface area (Å²) in [4.78, 5) is 7.78. The number of nitrogens with zero attached hydrogens (tertiary/aromatic N) is 3. The summed E-state index contributed by atoms with van der Waals surface area (Å²) in [7, 11) is 0. The Balaban J connectivity index is 2.21. The van der Waals surface area contributed by atoms with E-state index in [2.05, 4.69) is 9.97 Å². The van der Waals surface area contributed by atoms with Crippen molar-refractivity contribution in [1.29, 1.82) is 5.26 Å². The van der Waals surface area contributed by atoms with Gasteiger partial charge >= 0.3 is 0 Å². The minimum absolute atomic E-state index is 0.332. The predicted molar refractivity (Wildman–Crippen MR) is 57.7 cm³/mol. The molecule has 78 valence electrons. The molecule has 0 aliphatic carbocycles. The molecular weight excluding hydrogens is 204 g/mol. The first-order chi connectivity index (χ1) is 7.78. The van der Waals surface area contributed by atoms with Gasteiger partial charge in [0.1, 0.15) is 11.6 Å². The van der Waals surface area contributed by atoms with Crippen LogP contribution in [0.1, 0.15) is 5.56 Å². The minimum Gasteiger partial charge on any atom is -0.437 e. The zero-order chi connectivity index (χ0) is 11.4. The predicted octanol–water partition coefficient (Wildman–Crippen LogP) is 1.72. The van der Waals surface area contributed by atoms with Crippen molar-refractivity contribution >= 4 is 5.82 Å². The molecule has 5 nitrogen and oxygen atoms in total. The summed E-state index contributed by atoms with van der Waals surface area (Å²) in [5.74, 6) is 1.21. The van der Waals surface area contributed by atoms with Gasteiger partial charge in [-0.1, -0.05) is 6.07 Å². The van der Waals surface area contributed by atoms with Crippen LogP contribution in [-0.4, -0.2) is 9.97 Å². The van der Waals surface area contributed by atoms with Crippen molar-refractivity contribution in [2.75, 3.05) is 5.73 Å². The van der Waals surface area contributed by atoms with E-state index in [4.69, 9.17) is 15.7 Å². The van der Waals surface area contributed by atoms with Crippen LogP contribution in [-0.2, 0) is 0 Å². The van der Waals surface area contributed by atoms with Crippen LogP contribution in [0.15, 0.2) is 36.7 Å². The highest BCUT2D eigenvalue weighted by Crippen LogP contribution is 2.19. The Kier molecular flexibility index (Phi) is 2.65. The van der Waals surface area contributed by atoms with Gasteiger partial charge in [-0.3, -0.25) is 0 Å². The number of aromatic nitrogens is 2. The first-order valence-corrected chi connectivity index (χ1v) is 4.53. The first-order valence-electron chi connectivity index (χ1n) is 4.53. The van der Waals surface area contributed by atoms with E-state index >= 15 is 0 Å². The van der Waals surface area contributed by atoms with Crippen LogP contribution in [0.25, 0.3) is 0 Å². The highest BCUT2D eigenvalue weighted by molar-refractivity contribution is 5.37. The van der Waals surface area contributed by atoms with Crippen molar-refractivity contribution in [1.82, 2.24) is 9.97 Å². The van der Waals surface area contributed by atoms with Gasteiger partial charge in [0.25, 0.3) is 0 Å². The number of nitrogens with two attached hydrogens (primary N) is 1. The van der Waals surface area contributed by atoms with Gasteiger partial charge in [-0.15, -0.1) is 0 Å². The summed E-state index contributed by atoms with van der Waals surface area (Å²) >= 11 is 0. The third-order valence-corrected chi connectivity index (χ3v) is 1.83. The molecule has 1 aromatic carbocycles. The molecule has 0 saturated carbocycles. The van der Waals surface area contributed by atoms with Crippen LogP contribution in [0.4, 0.5) is 5.82 Å². The molecule has 2 aromatic rings. The second kappa shape index (κ2) is 4.28. The van der Waals surface area contributed by atoms with Crippen LogP contribution in [0.3, 0.4) is 0 Å². The summed E-state index contributed by atoms with van der Waals surface area (Å²) in [5, 5.41) is 8.71. The van der Waals surface area contributed by atoms with Gasteiger partial charge in [0, 0.05) is 0 Å². The van der Waals surface area contributed by atoms with Crippen molar-refractivity contribution in [2.24, 2.45) is 0 Å². The maximum atomic E-state index is 8.71. The minimum atomic E-state index is 0.332. The molecule has 1 heterocycles. The molecular formula is C11H8N4O. The first kappa shape index (κ1) is 9.93. The zero-order valence-corrected chi connectivity index (χ0v) is 8.29. The van der Waals surface area contributed by atoms with E-state index in [0.29, 0.717) is 23.0 Å². The molecule has 0 spiro atoms. The molecule has 2 N–H and O–H groups in total. The topological polar surface area (TPSA) is 84.8 Å². The van der Waals surface area contributed by atoms with Crippen LogP contribution < -0.4 is 10.5 Å². The molecule has 16 heavy (non-hydrogen) atoms. The highest BCUT2D eigenvalue weighted by atomic mass is 16.5. The number of nitriles is 1. The Morgan fingerprint density at radius 1 is 1.25 bits per heavy atom. The van der Waals surface area contributed by atoms with E-state index in [1.54, 1.807) is 24.3 Å². The molecule has 0 bridgehead atoms. The fourth-order valence-electron chi connectivity index (χ4n) is 1.13. The van der Waals surface area contributed by atoms with Gasteiger partial charge in [-0.25, -0.2) is 9.97 Å². The molecule has 0 aliphatic heterocycles. The second-order valence-corrected chi connectivity index (χ2v) is 3.02. The van der Waals surface area contributed by atoms with Gasteiger partial charge in [0.15, 0.2) is 0 Å². The lowest BCUT2D eigenvalue weighted by Crippen LogP contribution is -1.93. The summed E-state index contributed by atoms with van der Waals surface area (Å²) in [5.41, 5.74) is 5.92. The molecule has 1 aromatic heterocycles. The Morgan fingerprint density at radius 2 is 2.12 bits per heavy atom. The molecule has 0 atom stereocenters. The number of ether oxygens (including phenoxy) is 1. The SMILES string of the molecule is N#Cc1cccc(Oc2cnc(N)cn2)c1. The van der Waals surface area contributed by atoms with Gasteiger partial charge in [-0.2, -0.15) is 5.26 Å². The number of nitrogen functional groups attached to an aromatic ring is 1. The number of anilines is 1. The molecule has 0 unspecified atom stereocenters. The molecule has 2 rings (SSSR count). The maximum absolute atomic E-state index is 8.71. The average molecular weight is 212 g/mol. The average Bonchev–Trinajstić information content (AvgIpc) is 2.32. The Morgan fingerprint density at radius 3 is 2.81 bits per heavy atom. The number of rotatable bonds is 2. The Bertz CT molecular complexity index is 530. The molecule has 0 radical (unpaired) electrons. The second-order valence-electron chi connectivity index (χ2n) is 3.02. The molecule has 0 aliphatic rings. The number of hydrogen-bond donors (Lipinski definition) is 1. The molecule has 0 fully saturated rings. The van der Waals surface area contributed by atoms with Crippen molar-refractivity contribution in [3.05, 3.63) is 42.2 Å². The highest BCUT2D eigenvalue weighted by Gasteiger charge is 2.00. The van der Waals surface area contributed by atoms with Crippen LogP contribution >= 0.6 is 0 Å². The van der Waals surface area contributed by atoms with Crippen LogP contribution in [0.5, 0.6) is 11.6 Å². The normalized spacial score (nSPS) is 9.44. The summed E-state index contributed by atoms with van der Waals surface area (Å²) in [6.45, 7) is 0. The fraction of sp³-hybridized carbons (Fsp3) is 0. The molecule has 0 amide bonds. The number of hydrogen-bond acceptors (Lipinski definition) is 5. The lowest BCUT2D eigenvalue weighted by atomic mass is 10.2. The fourth-order valence-corrected chi connectivity index (χ4v) is 1.13. The third kappa shape index (κ3) is 2.25. The summed E-state index contributed by atoms with van der Waals surface area (Å²) in [6, 6.07) is 8.81. The van der Waals surface area contributed by atoms with Gasteiger partial charge in [0.2, 0.25) is 5.88 Å². The molecule has 0 saturated heterocycles. The van der Waals surface area contributed by atoms with E-state index < -0.39 is 0 Å². The van der Waals surface area contributed by atoms with Crippen LogP contribution in [0, 0.1) is 11.3 Å². The quantitative estimate of drug-likeness (QED) is 0.819.